The third-order valence-corrected chi connectivity index (χ3v) is 3.01. The van der Waals surface area contributed by atoms with Crippen molar-refractivity contribution in [1.82, 2.24) is 5.32 Å². The first kappa shape index (κ1) is 15.7. The van der Waals surface area contributed by atoms with E-state index in [4.69, 9.17) is 4.74 Å². The molecule has 0 aliphatic carbocycles. The molecule has 0 fully saturated rings. The lowest BCUT2D eigenvalue weighted by Gasteiger charge is -2.18. The predicted octanol–water partition coefficient (Wildman–Crippen LogP) is 2.57. The molecule has 5 heteroatoms. The van der Waals surface area contributed by atoms with Crippen molar-refractivity contribution in [2.45, 2.75) is 26.1 Å². The molecule has 0 saturated heterocycles. The van der Waals surface area contributed by atoms with E-state index in [9.17, 15) is 9.90 Å². The number of aliphatic hydroxyl groups is 1. The topological polar surface area (TPSA) is 58.6 Å². The molecule has 2 atom stereocenters. The number of carbonyl (C=O) groups is 1. The summed E-state index contributed by atoms with van der Waals surface area (Å²) in [6.07, 6.45) is 0.292. The lowest BCUT2D eigenvalue weighted by Crippen LogP contribution is -2.36. The molecule has 4 nitrogen and oxygen atoms in total. The van der Waals surface area contributed by atoms with Gasteiger partial charge in [-0.25, -0.2) is 0 Å². The van der Waals surface area contributed by atoms with Crippen LogP contribution in [0.5, 0.6) is 5.75 Å². The van der Waals surface area contributed by atoms with Crippen LogP contribution in [-0.4, -0.2) is 23.7 Å². The average Bonchev–Trinajstić information content (AvgIpc) is 2.37. The molecule has 0 aliphatic rings. The van der Waals surface area contributed by atoms with E-state index >= 15 is 0 Å². The van der Waals surface area contributed by atoms with Crippen molar-refractivity contribution < 1.29 is 14.6 Å². The molecule has 0 bridgehead atoms. The molecule has 2 N–H and O–H groups in total. The number of hydrogen-bond donors (Lipinski definition) is 2. The predicted molar refractivity (Wildman–Crippen MR) is 78.1 cm³/mol. The highest BCUT2D eigenvalue weighted by molar-refractivity contribution is 9.10. The first-order valence-corrected chi connectivity index (χ1v) is 6.77. The Morgan fingerprint density at radius 1 is 1.58 bits per heavy atom. The van der Waals surface area contributed by atoms with E-state index in [0.29, 0.717) is 17.9 Å². The van der Waals surface area contributed by atoms with Gasteiger partial charge in [0.1, 0.15) is 5.75 Å². The van der Waals surface area contributed by atoms with Crippen molar-refractivity contribution in [2.24, 2.45) is 0 Å². The number of benzene rings is 1. The van der Waals surface area contributed by atoms with Gasteiger partial charge in [0.2, 0.25) is 0 Å². The van der Waals surface area contributed by atoms with E-state index in [1.165, 1.54) is 0 Å². The number of rotatable bonds is 6. The van der Waals surface area contributed by atoms with E-state index in [2.05, 4.69) is 27.8 Å². The number of aliphatic hydroxyl groups excluding tert-OH is 1. The van der Waals surface area contributed by atoms with Gasteiger partial charge in [0.05, 0.1) is 6.10 Å². The highest BCUT2D eigenvalue weighted by atomic mass is 79.9. The van der Waals surface area contributed by atoms with Gasteiger partial charge in [-0.15, -0.1) is 6.58 Å². The second-order valence-corrected chi connectivity index (χ2v) is 5.07. The maximum atomic E-state index is 11.7. The van der Waals surface area contributed by atoms with Crippen LogP contribution in [0.2, 0.25) is 0 Å². The molecule has 1 aromatic rings. The molecular formula is C14H18BrNO3. The number of halogens is 1. The summed E-state index contributed by atoms with van der Waals surface area (Å²) in [5, 5.41) is 12.4. The first-order chi connectivity index (χ1) is 8.95. The molecule has 104 valence electrons. The highest BCUT2D eigenvalue weighted by Crippen LogP contribution is 2.29. The minimum absolute atomic E-state index is 0.223. The maximum absolute atomic E-state index is 11.7. The maximum Gasteiger partial charge on any atom is 0.261 e. The number of ether oxygens (including phenoxy) is 1. The first-order valence-electron chi connectivity index (χ1n) is 5.98. The number of carbonyl (C=O) groups excluding carboxylic acids is 1. The molecule has 0 spiro atoms. The Morgan fingerprint density at radius 2 is 2.26 bits per heavy atom. The normalized spacial score (nSPS) is 13.5. The van der Waals surface area contributed by atoms with Crippen LogP contribution in [0.4, 0.5) is 0 Å². The Labute approximate surface area is 121 Å². The fourth-order valence-corrected chi connectivity index (χ4v) is 1.89. The summed E-state index contributed by atoms with van der Waals surface area (Å²) in [6, 6.07) is 5.30. The summed E-state index contributed by atoms with van der Waals surface area (Å²) in [6.45, 7) is 7.24. The third-order valence-electron chi connectivity index (χ3n) is 2.52. The lowest BCUT2D eigenvalue weighted by atomic mass is 10.1. The zero-order chi connectivity index (χ0) is 14.4. The molecule has 0 radical (unpaired) electrons. The molecule has 1 amide bonds. The van der Waals surface area contributed by atoms with Gasteiger partial charge in [-0.05, 0) is 32.0 Å². The van der Waals surface area contributed by atoms with Crippen LogP contribution in [0.1, 0.15) is 25.5 Å². The fourth-order valence-electron chi connectivity index (χ4n) is 1.51. The average molecular weight is 328 g/mol. The molecule has 0 aromatic heterocycles. The molecule has 0 heterocycles. The van der Waals surface area contributed by atoms with Crippen LogP contribution >= 0.6 is 15.9 Å². The third kappa shape index (κ3) is 4.69. The quantitative estimate of drug-likeness (QED) is 0.789. The van der Waals surface area contributed by atoms with Crippen LogP contribution in [0.25, 0.3) is 0 Å². The Balaban J connectivity index is 2.81. The molecule has 1 aromatic carbocycles. The Bertz CT molecular complexity index is 460. The molecule has 0 saturated carbocycles. The van der Waals surface area contributed by atoms with Crippen LogP contribution in [0.15, 0.2) is 35.3 Å². The van der Waals surface area contributed by atoms with Gasteiger partial charge in [-0.1, -0.05) is 22.0 Å². The van der Waals surface area contributed by atoms with Gasteiger partial charge in [0.25, 0.3) is 5.91 Å². The van der Waals surface area contributed by atoms with E-state index < -0.39 is 12.2 Å². The highest BCUT2D eigenvalue weighted by Gasteiger charge is 2.17. The van der Waals surface area contributed by atoms with Crippen molar-refractivity contribution in [3.05, 3.63) is 40.9 Å². The Kier molecular flexibility index (Phi) is 6.05. The molecule has 1 rings (SSSR count). The fraction of sp³-hybridized carbons (Fsp3) is 0.357. The zero-order valence-electron chi connectivity index (χ0n) is 11.0. The largest absolute Gasteiger partial charge is 0.481 e. The van der Waals surface area contributed by atoms with E-state index in [-0.39, 0.29) is 5.91 Å². The van der Waals surface area contributed by atoms with Crippen molar-refractivity contribution in [3.8, 4) is 5.75 Å². The van der Waals surface area contributed by atoms with Crippen molar-refractivity contribution in [3.63, 3.8) is 0 Å². The Hall–Kier alpha value is -1.33. The van der Waals surface area contributed by atoms with Gasteiger partial charge in [-0.2, -0.15) is 0 Å². The second-order valence-electron chi connectivity index (χ2n) is 4.15. The summed E-state index contributed by atoms with van der Waals surface area (Å²) < 4.78 is 6.44. The standard InChI is InChI=1S/C14H18BrNO3/c1-4-7-16-14(18)10(3)19-13-6-5-11(15)8-12(13)9(2)17/h4-6,8-10,17H,1,7H2,2-3H3,(H,16,18). The zero-order valence-corrected chi connectivity index (χ0v) is 12.6. The molecule has 2 unspecified atom stereocenters. The number of nitrogens with one attached hydrogen (secondary N) is 1. The van der Waals surface area contributed by atoms with Gasteiger partial charge in [0.15, 0.2) is 6.10 Å². The van der Waals surface area contributed by atoms with Crippen LogP contribution in [0, 0.1) is 0 Å². The molecule has 0 aliphatic heterocycles. The van der Waals surface area contributed by atoms with Crippen LogP contribution in [-0.2, 0) is 4.79 Å². The Morgan fingerprint density at radius 3 is 2.84 bits per heavy atom. The summed E-state index contributed by atoms with van der Waals surface area (Å²) in [5.74, 6) is 0.277. The van der Waals surface area contributed by atoms with E-state index in [1.54, 1.807) is 38.1 Å². The summed E-state index contributed by atoms with van der Waals surface area (Å²) in [5.41, 5.74) is 0.637. The van der Waals surface area contributed by atoms with Crippen LogP contribution in [0.3, 0.4) is 0 Å². The summed E-state index contributed by atoms with van der Waals surface area (Å²) in [7, 11) is 0. The van der Waals surface area contributed by atoms with Crippen LogP contribution < -0.4 is 10.1 Å². The molecular weight excluding hydrogens is 310 g/mol. The minimum Gasteiger partial charge on any atom is -0.481 e. The van der Waals surface area contributed by atoms with Gasteiger partial charge in [-0.3, -0.25) is 4.79 Å². The van der Waals surface area contributed by atoms with E-state index in [0.717, 1.165) is 4.47 Å². The van der Waals surface area contributed by atoms with Gasteiger partial charge >= 0.3 is 0 Å². The monoisotopic (exact) mass is 327 g/mol. The lowest BCUT2D eigenvalue weighted by molar-refractivity contribution is -0.127. The summed E-state index contributed by atoms with van der Waals surface area (Å²) in [4.78, 5) is 11.7. The minimum atomic E-state index is -0.670. The number of hydrogen-bond acceptors (Lipinski definition) is 3. The smallest absolute Gasteiger partial charge is 0.261 e. The van der Waals surface area contributed by atoms with Crippen molar-refractivity contribution in [2.75, 3.05) is 6.54 Å². The van der Waals surface area contributed by atoms with Crippen molar-refractivity contribution >= 4 is 21.8 Å². The summed E-state index contributed by atoms with van der Waals surface area (Å²) >= 11 is 3.34. The van der Waals surface area contributed by atoms with Gasteiger partial charge < -0.3 is 15.2 Å². The van der Waals surface area contributed by atoms with E-state index in [1.807, 2.05) is 0 Å². The number of amides is 1. The SMILES string of the molecule is C=CCNC(=O)C(C)Oc1ccc(Br)cc1C(C)O. The van der Waals surface area contributed by atoms with Gasteiger partial charge in [0, 0.05) is 16.6 Å². The molecule has 19 heavy (non-hydrogen) atoms. The second kappa shape index (κ2) is 7.31. The van der Waals surface area contributed by atoms with Crippen molar-refractivity contribution in [1.29, 1.82) is 0 Å².